The first-order chi connectivity index (χ1) is 10.8. The predicted octanol–water partition coefficient (Wildman–Crippen LogP) is 4.32. The van der Waals surface area contributed by atoms with Crippen molar-refractivity contribution in [2.75, 3.05) is 0 Å². The number of furan rings is 1. The van der Waals surface area contributed by atoms with Crippen molar-refractivity contribution in [3.63, 3.8) is 0 Å². The van der Waals surface area contributed by atoms with Crippen LogP contribution in [0.15, 0.2) is 71.7 Å². The molecule has 1 atom stereocenters. The van der Waals surface area contributed by atoms with Gasteiger partial charge in [0.15, 0.2) is 0 Å². The number of hydrogen-bond acceptors (Lipinski definition) is 3. The Bertz CT molecular complexity index is 864. The number of para-hydroxylation sites is 1. The fourth-order valence-corrected chi connectivity index (χ4v) is 2.73. The van der Waals surface area contributed by atoms with E-state index in [1.54, 1.807) is 12.7 Å². The molecule has 22 heavy (non-hydrogen) atoms. The van der Waals surface area contributed by atoms with E-state index in [-0.39, 0.29) is 6.04 Å². The highest BCUT2D eigenvalue weighted by Gasteiger charge is 2.20. The van der Waals surface area contributed by atoms with E-state index in [0.29, 0.717) is 5.02 Å². The van der Waals surface area contributed by atoms with Crippen molar-refractivity contribution in [1.82, 2.24) is 14.8 Å². The van der Waals surface area contributed by atoms with Crippen LogP contribution in [-0.2, 0) is 0 Å². The molecule has 0 spiro atoms. The van der Waals surface area contributed by atoms with Gasteiger partial charge in [0.1, 0.15) is 30.0 Å². The van der Waals surface area contributed by atoms with Crippen molar-refractivity contribution in [3.05, 3.63) is 83.6 Å². The van der Waals surface area contributed by atoms with Crippen LogP contribution in [0.5, 0.6) is 0 Å². The molecule has 0 radical (unpaired) electrons. The maximum atomic E-state index is 6.03. The van der Waals surface area contributed by atoms with Gasteiger partial charge in [0.25, 0.3) is 0 Å². The highest BCUT2D eigenvalue weighted by Crippen LogP contribution is 2.31. The minimum atomic E-state index is -0.125. The van der Waals surface area contributed by atoms with Crippen molar-refractivity contribution in [3.8, 4) is 0 Å². The molecule has 2 aromatic carbocycles. The van der Waals surface area contributed by atoms with E-state index in [9.17, 15) is 0 Å². The summed E-state index contributed by atoms with van der Waals surface area (Å²) in [5.41, 5.74) is 1.92. The number of hydrogen-bond donors (Lipinski definition) is 0. The van der Waals surface area contributed by atoms with Crippen molar-refractivity contribution >= 4 is 22.6 Å². The van der Waals surface area contributed by atoms with Crippen LogP contribution in [0.25, 0.3) is 11.0 Å². The van der Waals surface area contributed by atoms with E-state index in [1.165, 1.54) is 0 Å². The Kier molecular flexibility index (Phi) is 3.16. The molecule has 2 aromatic heterocycles. The van der Waals surface area contributed by atoms with Crippen molar-refractivity contribution < 1.29 is 4.42 Å². The molecule has 0 bridgehead atoms. The molecule has 5 heteroatoms. The van der Waals surface area contributed by atoms with Gasteiger partial charge in [0, 0.05) is 10.4 Å². The van der Waals surface area contributed by atoms with Crippen molar-refractivity contribution in [1.29, 1.82) is 0 Å². The van der Waals surface area contributed by atoms with Gasteiger partial charge in [-0.1, -0.05) is 41.9 Å². The molecule has 0 saturated carbocycles. The summed E-state index contributed by atoms with van der Waals surface area (Å²) < 4.78 is 7.95. The highest BCUT2D eigenvalue weighted by atomic mass is 35.5. The van der Waals surface area contributed by atoms with Gasteiger partial charge in [0.2, 0.25) is 0 Å². The molecule has 4 rings (SSSR count). The minimum absolute atomic E-state index is 0.125. The van der Waals surface area contributed by atoms with E-state index in [4.69, 9.17) is 16.0 Å². The smallest absolute Gasteiger partial charge is 0.134 e. The van der Waals surface area contributed by atoms with Crippen molar-refractivity contribution in [2.45, 2.75) is 6.04 Å². The Balaban J connectivity index is 1.88. The first kappa shape index (κ1) is 13.1. The summed E-state index contributed by atoms with van der Waals surface area (Å²) in [4.78, 5) is 0. The van der Waals surface area contributed by atoms with Gasteiger partial charge in [-0.05, 0) is 29.8 Å². The molecule has 1 unspecified atom stereocenters. The van der Waals surface area contributed by atoms with Gasteiger partial charge in [-0.25, -0.2) is 0 Å². The summed E-state index contributed by atoms with van der Waals surface area (Å²) >= 11 is 6.00. The maximum absolute atomic E-state index is 6.03. The Morgan fingerprint density at radius 3 is 2.41 bits per heavy atom. The van der Waals surface area contributed by atoms with E-state index in [0.717, 1.165) is 22.3 Å². The van der Waals surface area contributed by atoms with E-state index in [2.05, 4.69) is 16.3 Å². The number of nitrogens with zero attached hydrogens (tertiary/aromatic N) is 3. The van der Waals surface area contributed by atoms with E-state index < -0.39 is 0 Å². The zero-order chi connectivity index (χ0) is 14.9. The lowest BCUT2D eigenvalue weighted by molar-refractivity contribution is 0.487. The highest BCUT2D eigenvalue weighted by molar-refractivity contribution is 6.30. The second-order valence-corrected chi connectivity index (χ2v) is 5.49. The topological polar surface area (TPSA) is 43.9 Å². The Labute approximate surface area is 132 Å². The Morgan fingerprint density at radius 1 is 0.955 bits per heavy atom. The Hall–Kier alpha value is -2.59. The van der Waals surface area contributed by atoms with Gasteiger partial charge in [0.05, 0.1) is 0 Å². The molecular weight excluding hydrogens is 298 g/mol. The Morgan fingerprint density at radius 2 is 1.68 bits per heavy atom. The van der Waals surface area contributed by atoms with Crippen LogP contribution in [-0.4, -0.2) is 14.8 Å². The van der Waals surface area contributed by atoms with Crippen LogP contribution < -0.4 is 0 Å². The van der Waals surface area contributed by atoms with Crippen LogP contribution in [0.2, 0.25) is 5.02 Å². The molecule has 0 aliphatic heterocycles. The summed E-state index contributed by atoms with van der Waals surface area (Å²) in [5, 5.41) is 9.60. The largest absolute Gasteiger partial charge is 0.458 e. The van der Waals surface area contributed by atoms with Crippen LogP contribution in [0.4, 0.5) is 0 Å². The zero-order valence-electron chi connectivity index (χ0n) is 11.6. The normalized spacial score (nSPS) is 12.6. The van der Waals surface area contributed by atoms with Gasteiger partial charge < -0.3 is 8.98 Å². The number of aromatic nitrogens is 3. The third-order valence-electron chi connectivity index (χ3n) is 3.63. The average Bonchev–Trinajstić information content (AvgIpc) is 3.19. The third kappa shape index (κ3) is 2.27. The molecular formula is C17H12ClN3O. The van der Waals surface area contributed by atoms with E-state index >= 15 is 0 Å². The molecule has 0 aliphatic rings. The summed E-state index contributed by atoms with van der Waals surface area (Å²) in [6, 6.07) is 17.6. The van der Waals surface area contributed by atoms with Crippen LogP contribution in [0.1, 0.15) is 17.4 Å². The van der Waals surface area contributed by atoms with Gasteiger partial charge in [-0.3, -0.25) is 0 Å². The van der Waals surface area contributed by atoms with Crippen LogP contribution in [0, 0.1) is 0 Å². The molecule has 0 fully saturated rings. The van der Waals surface area contributed by atoms with Gasteiger partial charge >= 0.3 is 0 Å². The standard InChI is InChI=1S/C17H12ClN3O/c18-14-7-5-12(6-8-14)17(21-10-19-20-11-21)16-9-13-3-1-2-4-15(13)22-16/h1-11,17H. The molecule has 4 nitrogen and oxygen atoms in total. The number of benzene rings is 2. The number of rotatable bonds is 3. The van der Waals surface area contributed by atoms with Gasteiger partial charge in [-0.2, -0.15) is 0 Å². The summed E-state index contributed by atoms with van der Waals surface area (Å²) in [6.45, 7) is 0. The van der Waals surface area contributed by atoms with Crippen LogP contribution >= 0.6 is 11.6 Å². The average molecular weight is 310 g/mol. The summed E-state index contributed by atoms with van der Waals surface area (Å²) in [5.74, 6) is 0.836. The predicted molar refractivity (Wildman–Crippen MR) is 84.9 cm³/mol. The molecule has 2 heterocycles. The second kappa shape index (κ2) is 5.31. The lowest BCUT2D eigenvalue weighted by Gasteiger charge is -2.16. The second-order valence-electron chi connectivity index (χ2n) is 5.05. The van der Waals surface area contributed by atoms with Crippen LogP contribution in [0.3, 0.4) is 0 Å². The lowest BCUT2D eigenvalue weighted by atomic mass is 10.0. The third-order valence-corrected chi connectivity index (χ3v) is 3.89. The van der Waals surface area contributed by atoms with Gasteiger partial charge in [-0.15, -0.1) is 10.2 Å². The molecule has 108 valence electrons. The molecule has 0 aliphatic carbocycles. The van der Waals surface area contributed by atoms with Crippen molar-refractivity contribution in [2.24, 2.45) is 0 Å². The fourth-order valence-electron chi connectivity index (χ4n) is 2.61. The molecule has 0 amide bonds. The van der Waals surface area contributed by atoms with E-state index in [1.807, 2.05) is 53.1 Å². The SMILES string of the molecule is Clc1ccc(C(c2cc3ccccc3o2)n2cnnc2)cc1. The zero-order valence-corrected chi connectivity index (χ0v) is 12.3. The molecule has 4 aromatic rings. The monoisotopic (exact) mass is 309 g/mol. The number of fused-ring (bicyclic) bond motifs is 1. The fraction of sp³-hybridized carbons (Fsp3) is 0.0588. The number of halogens is 1. The molecule has 0 N–H and O–H groups in total. The summed E-state index contributed by atoms with van der Waals surface area (Å²) in [7, 11) is 0. The molecule has 0 saturated heterocycles. The quantitative estimate of drug-likeness (QED) is 0.566. The first-order valence-corrected chi connectivity index (χ1v) is 7.27. The maximum Gasteiger partial charge on any atom is 0.134 e. The first-order valence-electron chi connectivity index (χ1n) is 6.89. The minimum Gasteiger partial charge on any atom is -0.458 e. The summed E-state index contributed by atoms with van der Waals surface area (Å²) in [6.07, 6.45) is 3.37. The lowest BCUT2D eigenvalue weighted by Crippen LogP contribution is -2.09.